The molecular formula is C12H17Cl2N3. The highest BCUT2D eigenvalue weighted by Crippen LogP contribution is 2.31. The van der Waals surface area contributed by atoms with Crippen LogP contribution in [0.15, 0.2) is 6.07 Å². The van der Waals surface area contributed by atoms with Gasteiger partial charge in [-0.25, -0.2) is 4.98 Å². The molecule has 1 unspecified atom stereocenters. The van der Waals surface area contributed by atoms with Gasteiger partial charge in [0.25, 0.3) is 0 Å². The van der Waals surface area contributed by atoms with E-state index in [0.29, 0.717) is 15.9 Å². The highest BCUT2D eigenvalue weighted by atomic mass is 35.5. The monoisotopic (exact) mass is 273 g/mol. The maximum absolute atomic E-state index is 6.18. The predicted octanol–water partition coefficient (Wildman–Crippen LogP) is 3.60. The van der Waals surface area contributed by atoms with Gasteiger partial charge in [0, 0.05) is 13.1 Å². The van der Waals surface area contributed by atoms with Crippen molar-refractivity contribution in [3.05, 3.63) is 16.1 Å². The lowest BCUT2D eigenvalue weighted by atomic mass is 10.0. The number of anilines is 2. The summed E-state index contributed by atoms with van der Waals surface area (Å²) >= 11 is 12.1. The fraction of sp³-hybridized carbons (Fsp3) is 0.583. The highest BCUT2D eigenvalue weighted by molar-refractivity contribution is 6.37. The molecule has 1 aromatic heterocycles. The van der Waals surface area contributed by atoms with E-state index in [0.717, 1.165) is 24.8 Å². The van der Waals surface area contributed by atoms with E-state index in [-0.39, 0.29) is 0 Å². The van der Waals surface area contributed by atoms with Gasteiger partial charge in [-0.3, -0.25) is 0 Å². The average Bonchev–Trinajstić information content (AvgIpc) is 2.49. The van der Waals surface area contributed by atoms with Crippen molar-refractivity contribution in [2.45, 2.75) is 26.2 Å². The van der Waals surface area contributed by atoms with Crippen LogP contribution in [-0.2, 0) is 0 Å². The van der Waals surface area contributed by atoms with Crippen LogP contribution < -0.4 is 10.6 Å². The number of pyridine rings is 1. The molecule has 1 aliphatic rings. The van der Waals surface area contributed by atoms with E-state index in [4.69, 9.17) is 28.9 Å². The molecule has 0 saturated carbocycles. The first-order valence-electron chi connectivity index (χ1n) is 5.94. The summed E-state index contributed by atoms with van der Waals surface area (Å²) in [5, 5.41) is 1.00. The smallest absolute Gasteiger partial charge is 0.149 e. The molecule has 0 aliphatic carbocycles. The van der Waals surface area contributed by atoms with Gasteiger partial charge >= 0.3 is 0 Å². The van der Waals surface area contributed by atoms with Gasteiger partial charge in [-0.1, -0.05) is 30.1 Å². The summed E-state index contributed by atoms with van der Waals surface area (Å²) in [6, 6.07) is 1.68. The van der Waals surface area contributed by atoms with Gasteiger partial charge in [0.2, 0.25) is 0 Å². The Balaban J connectivity index is 2.24. The minimum Gasteiger partial charge on any atom is -0.382 e. The maximum atomic E-state index is 6.18. The Bertz CT molecular complexity index is 409. The molecule has 2 rings (SSSR count). The minimum absolute atomic E-state index is 0.350. The molecule has 1 fully saturated rings. The molecule has 5 heteroatoms. The van der Waals surface area contributed by atoms with Gasteiger partial charge in [0.05, 0.1) is 10.0 Å². The van der Waals surface area contributed by atoms with E-state index >= 15 is 0 Å². The number of nitrogen functional groups attached to an aromatic ring is 1. The first-order chi connectivity index (χ1) is 8.08. The van der Waals surface area contributed by atoms with Crippen LogP contribution in [0.2, 0.25) is 10.0 Å². The van der Waals surface area contributed by atoms with Gasteiger partial charge < -0.3 is 10.6 Å². The second-order valence-corrected chi connectivity index (χ2v) is 5.50. The summed E-state index contributed by atoms with van der Waals surface area (Å²) in [6.07, 6.45) is 3.60. The van der Waals surface area contributed by atoms with Crippen LogP contribution in [0.3, 0.4) is 0 Å². The zero-order chi connectivity index (χ0) is 12.4. The topological polar surface area (TPSA) is 42.2 Å². The molecule has 94 valence electrons. The van der Waals surface area contributed by atoms with Crippen molar-refractivity contribution >= 4 is 34.8 Å². The first kappa shape index (κ1) is 12.8. The Kier molecular flexibility index (Phi) is 4.00. The maximum Gasteiger partial charge on any atom is 0.149 e. The molecule has 0 bridgehead atoms. The van der Waals surface area contributed by atoms with Crippen LogP contribution in [0.1, 0.15) is 26.2 Å². The zero-order valence-corrected chi connectivity index (χ0v) is 11.4. The summed E-state index contributed by atoms with van der Waals surface area (Å²) in [4.78, 5) is 6.51. The van der Waals surface area contributed by atoms with Crippen molar-refractivity contribution in [2.75, 3.05) is 23.7 Å². The van der Waals surface area contributed by atoms with Gasteiger partial charge in [0.15, 0.2) is 0 Å². The molecule has 3 nitrogen and oxygen atoms in total. The number of hydrogen-bond acceptors (Lipinski definition) is 3. The van der Waals surface area contributed by atoms with Crippen LogP contribution >= 0.6 is 23.2 Å². The van der Waals surface area contributed by atoms with E-state index in [9.17, 15) is 0 Å². The van der Waals surface area contributed by atoms with Crippen molar-refractivity contribution in [3.63, 3.8) is 0 Å². The van der Waals surface area contributed by atoms with Crippen LogP contribution in [0, 0.1) is 5.92 Å². The predicted molar refractivity (Wildman–Crippen MR) is 73.9 cm³/mol. The molecule has 2 N–H and O–H groups in total. The van der Waals surface area contributed by atoms with Crippen LogP contribution in [0.5, 0.6) is 0 Å². The Morgan fingerprint density at radius 2 is 2.06 bits per heavy atom. The van der Waals surface area contributed by atoms with Crippen molar-refractivity contribution in [3.8, 4) is 0 Å². The molecule has 1 aliphatic heterocycles. The SMILES string of the molecule is CC1CCCN(c2nc(N)c(Cl)cc2Cl)CC1. The summed E-state index contributed by atoms with van der Waals surface area (Å²) in [5.41, 5.74) is 5.73. The molecule has 0 aromatic carbocycles. The van der Waals surface area contributed by atoms with E-state index in [1.54, 1.807) is 6.07 Å². The number of hydrogen-bond donors (Lipinski definition) is 1. The minimum atomic E-state index is 0.350. The molecule has 17 heavy (non-hydrogen) atoms. The molecule has 0 spiro atoms. The third-order valence-corrected chi connectivity index (χ3v) is 3.84. The number of rotatable bonds is 1. The third-order valence-electron chi connectivity index (χ3n) is 3.25. The van der Waals surface area contributed by atoms with E-state index in [2.05, 4.69) is 16.8 Å². The van der Waals surface area contributed by atoms with Gasteiger partial charge in [-0.2, -0.15) is 0 Å². The Labute approximate surface area is 112 Å². The Morgan fingerprint density at radius 3 is 2.82 bits per heavy atom. The molecule has 1 saturated heterocycles. The van der Waals surface area contributed by atoms with E-state index in [1.165, 1.54) is 19.3 Å². The summed E-state index contributed by atoms with van der Waals surface area (Å²) < 4.78 is 0. The fourth-order valence-electron chi connectivity index (χ4n) is 2.17. The molecule has 1 aromatic rings. The molecule has 0 radical (unpaired) electrons. The van der Waals surface area contributed by atoms with Crippen molar-refractivity contribution < 1.29 is 0 Å². The zero-order valence-electron chi connectivity index (χ0n) is 9.92. The van der Waals surface area contributed by atoms with Gasteiger partial charge in [-0.05, 0) is 31.2 Å². The second kappa shape index (κ2) is 5.32. The van der Waals surface area contributed by atoms with Gasteiger partial charge in [0.1, 0.15) is 11.6 Å². The van der Waals surface area contributed by atoms with Crippen molar-refractivity contribution in [1.29, 1.82) is 0 Å². The second-order valence-electron chi connectivity index (χ2n) is 4.68. The van der Waals surface area contributed by atoms with Crippen LogP contribution in [0.4, 0.5) is 11.6 Å². The third kappa shape index (κ3) is 2.96. The summed E-state index contributed by atoms with van der Waals surface area (Å²) in [6.45, 7) is 4.25. The molecule has 2 heterocycles. The van der Waals surface area contributed by atoms with Crippen LogP contribution in [-0.4, -0.2) is 18.1 Å². The number of nitrogens with zero attached hydrogens (tertiary/aromatic N) is 2. The average molecular weight is 274 g/mol. The highest BCUT2D eigenvalue weighted by Gasteiger charge is 2.18. The van der Waals surface area contributed by atoms with Crippen molar-refractivity contribution in [2.24, 2.45) is 5.92 Å². The number of aromatic nitrogens is 1. The largest absolute Gasteiger partial charge is 0.382 e. The molecule has 1 atom stereocenters. The van der Waals surface area contributed by atoms with E-state index in [1.807, 2.05) is 0 Å². The number of halogens is 2. The summed E-state index contributed by atoms with van der Waals surface area (Å²) in [7, 11) is 0. The lowest BCUT2D eigenvalue weighted by Crippen LogP contribution is -2.25. The fourth-order valence-corrected chi connectivity index (χ4v) is 2.65. The normalized spacial score (nSPS) is 21.4. The first-order valence-corrected chi connectivity index (χ1v) is 6.70. The van der Waals surface area contributed by atoms with Crippen molar-refractivity contribution in [1.82, 2.24) is 4.98 Å². The Morgan fingerprint density at radius 1 is 1.29 bits per heavy atom. The lowest BCUT2D eigenvalue weighted by Gasteiger charge is -2.23. The molecular weight excluding hydrogens is 257 g/mol. The quantitative estimate of drug-likeness (QED) is 0.850. The Hall–Kier alpha value is -0.670. The number of nitrogens with two attached hydrogens (primary N) is 1. The standard InChI is InChI=1S/C12H17Cl2N3/c1-8-3-2-5-17(6-4-8)12-10(14)7-9(13)11(15)16-12/h7-8H,2-6H2,1H3,(H2,15,16). The lowest BCUT2D eigenvalue weighted by molar-refractivity contribution is 0.521. The van der Waals surface area contributed by atoms with E-state index < -0.39 is 0 Å². The summed E-state index contributed by atoms with van der Waals surface area (Å²) in [5.74, 6) is 1.88. The molecule has 0 amide bonds. The van der Waals surface area contributed by atoms with Crippen LogP contribution in [0.25, 0.3) is 0 Å². The van der Waals surface area contributed by atoms with Gasteiger partial charge in [-0.15, -0.1) is 0 Å².